The summed E-state index contributed by atoms with van der Waals surface area (Å²) in [7, 11) is 0. The molecule has 1 amide bonds. The highest BCUT2D eigenvalue weighted by atomic mass is 35.5. The quantitative estimate of drug-likeness (QED) is 0.596. The molecule has 6 nitrogen and oxygen atoms in total. The van der Waals surface area contributed by atoms with Crippen molar-refractivity contribution in [3.63, 3.8) is 0 Å². The summed E-state index contributed by atoms with van der Waals surface area (Å²) in [4.78, 5) is 19.2. The zero-order chi connectivity index (χ0) is 22.5. The van der Waals surface area contributed by atoms with Crippen LogP contribution >= 0.6 is 22.9 Å². The van der Waals surface area contributed by atoms with Crippen molar-refractivity contribution in [3.8, 4) is 5.00 Å². The lowest BCUT2D eigenvalue weighted by atomic mass is 9.99. The summed E-state index contributed by atoms with van der Waals surface area (Å²) < 4.78 is 2.06. The molecule has 3 aromatic rings. The number of nitrogens with zero attached hydrogens (tertiary/aromatic N) is 4. The number of hydrogen-bond donors (Lipinski definition) is 1. The minimum absolute atomic E-state index is 0.0675. The van der Waals surface area contributed by atoms with Crippen LogP contribution in [0.25, 0.3) is 5.00 Å². The van der Waals surface area contributed by atoms with Crippen molar-refractivity contribution >= 4 is 34.6 Å². The van der Waals surface area contributed by atoms with Crippen molar-refractivity contribution in [2.75, 3.05) is 0 Å². The van der Waals surface area contributed by atoms with Gasteiger partial charge in [-0.15, -0.1) is 21.5 Å². The van der Waals surface area contributed by atoms with Gasteiger partial charge < -0.3 is 5.32 Å². The first-order chi connectivity index (χ1) is 14.5. The third-order valence-corrected chi connectivity index (χ3v) is 6.69. The number of halogens is 1. The molecule has 162 valence electrons. The molecule has 1 N–H and O–H groups in total. The van der Waals surface area contributed by atoms with E-state index in [1.165, 1.54) is 10.4 Å². The first-order valence-electron chi connectivity index (χ1n) is 10.2. The van der Waals surface area contributed by atoms with Crippen LogP contribution in [0.2, 0.25) is 5.02 Å². The first-order valence-corrected chi connectivity index (χ1v) is 11.4. The smallest absolute Gasteiger partial charge is 0.223 e. The first kappa shape index (κ1) is 21.7. The molecule has 4 rings (SSSR count). The average Bonchev–Trinajstić information content (AvgIpc) is 3.14. The molecule has 0 unspecified atom stereocenters. The van der Waals surface area contributed by atoms with Crippen molar-refractivity contribution in [1.82, 2.24) is 20.1 Å². The largest absolute Gasteiger partial charge is 0.351 e. The average molecular weight is 456 g/mol. The van der Waals surface area contributed by atoms with Crippen molar-refractivity contribution in [1.29, 1.82) is 0 Å². The molecule has 1 aromatic carbocycles. The van der Waals surface area contributed by atoms with Gasteiger partial charge in [-0.1, -0.05) is 23.7 Å². The van der Waals surface area contributed by atoms with Crippen LogP contribution in [0, 0.1) is 20.8 Å². The molecule has 2 aromatic heterocycles. The third-order valence-electron chi connectivity index (χ3n) is 5.25. The number of nitrogens with one attached hydrogen (secondary N) is 1. The number of carbonyl (C=O) groups is 1. The van der Waals surface area contributed by atoms with Crippen LogP contribution in [-0.4, -0.2) is 31.9 Å². The Hall–Kier alpha value is -2.51. The van der Waals surface area contributed by atoms with Crippen LogP contribution in [-0.2, 0) is 4.79 Å². The maximum absolute atomic E-state index is 12.8. The van der Waals surface area contributed by atoms with E-state index in [0.717, 1.165) is 27.7 Å². The fraction of sp³-hybridized carbons (Fsp3) is 0.391. The Balaban J connectivity index is 1.91. The van der Waals surface area contributed by atoms with Gasteiger partial charge in [-0.05, 0) is 59.2 Å². The van der Waals surface area contributed by atoms with Gasteiger partial charge in [-0.2, -0.15) is 0 Å². The fourth-order valence-electron chi connectivity index (χ4n) is 3.78. The lowest BCUT2D eigenvalue weighted by Crippen LogP contribution is -2.41. The Morgan fingerprint density at radius 2 is 1.84 bits per heavy atom. The predicted molar refractivity (Wildman–Crippen MR) is 126 cm³/mol. The van der Waals surface area contributed by atoms with Crippen molar-refractivity contribution in [2.24, 2.45) is 4.99 Å². The number of aliphatic imine (C=N–C) groups is 1. The highest BCUT2D eigenvalue weighted by Gasteiger charge is 2.32. The lowest BCUT2D eigenvalue weighted by Gasteiger charge is -2.21. The van der Waals surface area contributed by atoms with E-state index < -0.39 is 6.04 Å². The van der Waals surface area contributed by atoms with E-state index >= 15 is 0 Å². The van der Waals surface area contributed by atoms with Gasteiger partial charge in [-0.25, -0.2) is 0 Å². The Labute approximate surface area is 191 Å². The summed E-state index contributed by atoms with van der Waals surface area (Å²) in [6, 6.07) is 7.23. The second kappa shape index (κ2) is 7.88. The SMILES string of the molecule is Cc1sc2c(c1C)C(c1ccc(Cl)cc1)=N[C@@H](CC(=O)NC(C)(C)C)c1nnc(C)n1-2. The lowest BCUT2D eigenvalue weighted by molar-refractivity contribution is -0.122. The molecule has 8 heteroatoms. The maximum atomic E-state index is 12.8. The Morgan fingerprint density at radius 3 is 2.48 bits per heavy atom. The molecule has 1 aliphatic rings. The summed E-state index contributed by atoms with van der Waals surface area (Å²) in [5, 5.41) is 13.5. The number of aromatic nitrogens is 3. The maximum Gasteiger partial charge on any atom is 0.223 e. The molecule has 0 aliphatic carbocycles. The van der Waals surface area contributed by atoms with E-state index in [-0.39, 0.29) is 17.9 Å². The van der Waals surface area contributed by atoms with E-state index in [2.05, 4.69) is 33.9 Å². The Kier molecular flexibility index (Phi) is 5.52. The van der Waals surface area contributed by atoms with E-state index in [1.54, 1.807) is 11.3 Å². The Morgan fingerprint density at radius 1 is 1.16 bits per heavy atom. The molecule has 31 heavy (non-hydrogen) atoms. The molecule has 3 heterocycles. The number of fused-ring (bicyclic) bond motifs is 3. The van der Waals surface area contributed by atoms with E-state index in [9.17, 15) is 4.79 Å². The number of aryl methyl sites for hydroxylation is 2. The fourth-order valence-corrected chi connectivity index (χ4v) is 5.12. The molecule has 0 radical (unpaired) electrons. The van der Waals surface area contributed by atoms with Gasteiger partial charge in [0.1, 0.15) is 16.9 Å². The topological polar surface area (TPSA) is 72.2 Å². The van der Waals surface area contributed by atoms with Crippen LogP contribution in [0.5, 0.6) is 0 Å². The number of carbonyl (C=O) groups excluding carboxylic acids is 1. The zero-order valence-electron chi connectivity index (χ0n) is 18.6. The molecule has 0 spiro atoms. The predicted octanol–water partition coefficient (Wildman–Crippen LogP) is 5.10. The van der Waals surface area contributed by atoms with Crippen LogP contribution < -0.4 is 5.32 Å². The van der Waals surface area contributed by atoms with E-state index in [1.807, 2.05) is 52.0 Å². The van der Waals surface area contributed by atoms with E-state index in [4.69, 9.17) is 16.6 Å². The van der Waals surface area contributed by atoms with Crippen LogP contribution in [0.15, 0.2) is 29.3 Å². The highest BCUT2D eigenvalue weighted by molar-refractivity contribution is 7.15. The monoisotopic (exact) mass is 455 g/mol. The van der Waals surface area contributed by atoms with E-state index in [0.29, 0.717) is 10.8 Å². The number of rotatable bonds is 3. The molecule has 1 atom stereocenters. The number of amides is 1. The molecule has 0 saturated carbocycles. The summed E-state index contributed by atoms with van der Waals surface area (Å²) in [6.07, 6.45) is 0.194. The second-order valence-electron chi connectivity index (χ2n) is 8.91. The van der Waals surface area contributed by atoms with Gasteiger partial charge in [0.15, 0.2) is 5.82 Å². The van der Waals surface area contributed by atoms with Crippen molar-refractivity contribution in [2.45, 2.75) is 59.5 Å². The Bertz CT molecular complexity index is 1180. The van der Waals surface area contributed by atoms with Gasteiger partial charge >= 0.3 is 0 Å². The van der Waals surface area contributed by atoms with Gasteiger partial charge in [0.25, 0.3) is 0 Å². The summed E-state index contributed by atoms with van der Waals surface area (Å²) in [5.41, 5.74) is 3.73. The van der Waals surface area contributed by atoms with Crippen molar-refractivity contribution < 1.29 is 4.79 Å². The number of benzene rings is 1. The van der Waals surface area contributed by atoms with Gasteiger partial charge in [-0.3, -0.25) is 14.4 Å². The molecular weight excluding hydrogens is 430 g/mol. The summed E-state index contributed by atoms with van der Waals surface area (Å²) in [6.45, 7) is 12.1. The normalized spacial score (nSPS) is 15.7. The molecule has 0 fully saturated rings. The third kappa shape index (κ3) is 4.16. The van der Waals surface area contributed by atoms with Crippen LogP contribution in [0.1, 0.15) is 66.5 Å². The second-order valence-corrected chi connectivity index (χ2v) is 10.5. The van der Waals surface area contributed by atoms with Crippen LogP contribution in [0.3, 0.4) is 0 Å². The minimum Gasteiger partial charge on any atom is -0.351 e. The van der Waals surface area contributed by atoms with Crippen LogP contribution in [0.4, 0.5) is 0 Å². The minimum atomic E-state index is -0.450. The number of thiophene rings is 1. The molecule has 0 saturated heterocycles. The number of hydrogen-bond acceptors (Lipinski definition) is 5. The highest BCUT2D eigenvalue weighted by Crippen LogP contribution is 2.39. The van der Waals surface area contributed by atoms with Gasteiger partial charge in [0.2, 0.25) is 5.91 Å². The van der Waals surface area contributed by atoms with Gasteiger partial charge in [0, 0.05) is 26.6 Å². The molecule has 1 aliphatic heterocycles. The van der Waals surface area contributed by atoms with Gasteiger partial charge in [0.05, 0.1) is 12.1 Å². The molecular formula is C23H26ClN5OS. The zero-order valence-corrected chi connectivity index (χ0v) is 20.1. The summed E-state index contributed by atoms with van der Waals surface area (Å²) in [5.74, 6) is 1.40. The summed E-state index contributed by atoms with van der Waals surface area (Å²) >= 11 is 7.84. The molecule has 0 bridgehead atoms. The van der Waals surface area contributed by atoms with Crippen molar-refractivity contribution in [3.05, 3.63) is 62.5 Å². The standard InChI is InChI=1S/C23H26ClN5OS/c1-12-13(2)31-22-19(12)20(15-7-9-16(24)10-8-15)25-17(11-18(30)26-23(4,5)6)21-28-27-14(3)29(21)22/h7-10,17H,11H2,1-6H3,(H,26,30)/t17-/m0/s1.